The molecule has 18 heavy (non-hydrogen) atoms. The molecule has 0 saturated heterocycles. The topological polar surface area (TPSA) is 9.23 Å². The van der Waals surface area contributed by atoms with Gasteiger partial charge in [-0.1, -0.05) is 6.42 Å². The van der Waals surface area contributed by atoms with E-state index in [0.717, 1.165) is 0 Å². The molecule has 0 radical (unpaired) electrons. The SMILES string of the molecule is C[Si](C)(C)O[Si](C)(C)CCCCc1ccsc1Br. The van der Waals surface area contributed by atoms with Gasteiger partial charge in [-0.25, -0.2) is 0 Å². The van der Waals surface area contributed by atoms with E-state index in [9.17, 15) is 0 Å². The highest BCUT2D eigenvalue weighted by Crippen LogP contribution is 2.26. The minimum absolute atomic E-state index is 1.20. The first-order valence-electron chi connectivity index (χ1n) is 6.62. The highest BCUT2D eigenvalue weighted by molar-refractivity contribution is 9.11. The van der Waals surface area contributed by atoms with Crippen LogP contribution in [0.5, 0.6) is 0 Å². The molecule has 0 fully saturated rings. The maximum absolute atomic E-state index is 6.36. The Kier molecular flexibility index (Phi) is 6.31. The van der Waals surface area contributed by atoms with Gasteiger partial charge in [-0.15, -0.1) is 11.3 Å². The zero-order valence-electron chi connectivity index (χ0n) is 12.2. The third-order valence-electron chi connectivity index (χ3n) is 2.75. The van der Waals surface area contributed by atoms with Crippen molar-refractivity contribution < 1.29 is 4.12 Å². The van der Waals surface area contributed by atoms with Gasteiger partial charge in [0.05, 0.1) is 3.79 Å². The minimum atomic E-state index is -1.42. The molecule has 1 nitrogen and oxygen atoms in total. The molecule has 1 aromatic rings. The normalized spacial score (nSPS) is 13.0. The Morgan fingerprint density at radius 2 is 1.83 bits per heavy atom. The van der Waals surface area contributed by atoms with Gasteiger partial charge in [-0.05, 0) is 84.6 Å². The largest absolute Gasteiger partial charge is 0.456 e. The van der Waals surface area contributed by atoms with Gasteiger partial charge in [0.2, 0.25) is 0 Å². The molecule has 1 heterocycles. The zero-order chi connectivity index (χ0) is 13.8. The standard InChI is InChI=1S/C13H25BrOSSi2/c1-17(2,3)15-18(4,5)11-7-6-8-12-9-10-16-13(12)14/h9-10H,6-8,11H2,1-5H3. The molecule has 0 amide bonds. The summed E-state index contributed by atoms with van der Waals surface area (Å²) in [5, 5.41) is 2.16. The number of thiophene rings is 1. The molecule has 0 aliphatic carbocycles. The average Bonchev–Trinajstić information content (AvgIpc) is 2.55. The van der Waals surface area contributed by atoms with Crippen LogP contribution in [0.25, 0.3) is 0 Å². The Morgan fingerprint density at radius 3 is 2.33 bits per heavy atom. The average molecular weight is 365 g/mol. The van der Waals surface area contributed by atoms with E-state index in [0.29, 0.717) is 0 Å². The molecule has 104 valence electrons. The summed E-state index contributed by atoms with van der Waals surface area (Å²) in [6.07, 6.45) is 3.77. The maximum Gasteiger partial charge on any atom is 0.173 e. The summed E-state index contributed by atoms with van der Waals surface area (Å²) in [4.78, 5) is 0. The zero-order valence-corrected chi connectivity index (χ0v) is 16.6. The Labute approximate surface area is 126 Å². The summed E-state index contributed by atoms with van der Waals surface area (Å²) in [6.45, 7) is 11.6. The van der Waals surface area contributed by atoms with Gasteiger partial charge in [0, 0.05) is 0 Å². The second kappa shape index (κ2) is 6.84. The molecule has 0 aliphatic heterocycles. The number of hydrogen-bond donors (Lipinski definition) is 0. The number of halogens is 1. The van der Waals surface area contributed by atoms with Gasteiger partial charge >= 0.3 is 0 Å². The maximum atomic E-state index is 6.36. The fourth-order valence-corrected chi connectivity index (χ4v) is 11.7. The van der Waals surface area contributed by atoms with Gasteiger partial charge in [0.15, 0.2) is 16.6 Å². The van der Waals surface area contributed by atoms with Crippen LogP contribution in [0, 0.1) is 0 Å². The van der Waals surface area contributed by atoms with Gasteiger partial charge in [-0.3, -0.25) is 0 Å². The fraction of sp³-hybridized carbons (Fsp3) is 0.692. The van der Waals surface area contributed by atoms with Crippen molar-refractivity contribution in [2.45, 2.75) is 58.0 Å². The molecule has 0 aromatic carbocycles. The van der Waals surface area contributed by atoms with Crippen LogP contribution in [0.1, 0.15) is 18.4 Å². The lowest BCUT2D eigenvalue weighted by Gasteiger charge is -2.31. The molecule has 0 N–H and O–H groups in total. The van der Waals surface area contributed by atoms with Crippen LogP contribution in [-0.4, -0.2) is 16.6 Å². The summed E-state index contributed by atoms with van der Waals surface area (Å²) >= 11 is 5.39. The van der Waals surface area contributed by atoms with Crippen LogP contribution in [0.15, 0.2) is 15.2 Å². The van der Waals surface area contributed by atoms with Crippen molar-refractivity contribution >= 4 is 43.9 Å². The minimum Gasteiger partial charge on any atom is -0.456 e. The number of rotatable bonds is 7. The van der Waals surface area contributed by atoms with Crippen molar-refractivity contribution in [1.29, 1.82) is 0 Å². The van der Waals surface area contributed by atoms with Crippen LogP contribution >= 0.6 is 27.3 Å². The van der Waals surface area contributed by atoms with E-state index >= 15 is 0 Å². The van der Waals surface area contributed by atoms with Crippen molar-refractivity contribution in [3.05, 3.63) is 20.8 Å². The molecule has 1 aromatic heterocycles. The quantitative estimate of drug-likeness (QED) is 0.432. The predicted molar refractivity (Wildman–Crippen MR) is 91.7 cm³/mol. The molecular formula is C13H25BrOSSi2. The molecule has 0 atom stereocenters. The first-order valence-corrected chi connectivity index (χ1v) is 14.8. The Hall–Kier alpha value is 0.574. The van der Waals surface area contributed by atoms with E-state index in [2.05, 4.69) is 60.1 Å². The van der Waals surface area contributed by atoms with Gasteiger partial charge < -0.3 is 4.12 Å². The van der Waals surface area contributed by atoms with Crippen molar-refractivity contribution in [2.75, 3.05) is 0 Å². The third-order valence-corrected chi connectivity index (χ3v) is 10.8. The molecular weight excluding hydrogens is 340 g/mol. The van der Waals surface area contributed by atoms with Crippen LogP contribution in [-0.2, 0) is 10.5 Å². The predicted octanol–water partition coefficient (Wildman–Crippen LogP) is 5.89. The summed E-state index contributed by atoms with van der Waals surface area (Å²) < 4.78 is 7.66. The van der Waals surface area contributed by atoms with E-state index in [4.69, 9.17) is 4.12 Å². The molecule has 0 saturated carbocycles. The first kappa shape index (κ1) is 16.6. The van der Waals surface area contributed by atoms with Crippen LogP contribution in [0.4, 0.5) is 0 Å². The monoisotopic (exact) mass is 364 g/mol. The number of unbranched alkanes of at least 4 members (excludes halogenated alkanes) is 1. The molecule has 0 unspecified atom stereocenters. The summed E-state index contributed by atoms with van der Waals surface area (Å²) in [6, 6.07) is 3.52. The molecule has 0 bridgehead atoms. The second-order valence-electron chi connectivity index (χ2n) is 6.40. The first-order chi connectivity index (χ1) is 8.20. The molecule has 1 rings (SSSR count). The second-order valence-corrected chi connectivity index (χ2v) is 17.7. The Balaban J connectivity index is 2.27. The Morgan fingerprint density at radius 1 is 1.17 bits per heavy atom. The molecule has 0 spiro atoms. The van der Waals surface area contributed by atoms with Crippen LogP contribution in [0.3, 0.4) is 0 Å². The van der Waals surface area contributed by atoms with Gasteiger partial charge in [0.1, 0.15) is 0 Å². The number of hydrogen-bond acceptors (Lipinski definition) is 2. The lowest BCUT2D eigenvalue weighted by Crippen LogP contribution is -2.42. The lowest BCUT2D eigenvalue weighted by atomic mass is 10.2. The molecule has 5 heteroatoms. The van der Waals surface area contributed by atoms with E-state index in [1.807, 2.05) is 0 Å². The fourth-order valence-electron chi connectivity index (χ4n) is 2.24. The van der Waals surface area contributed by atoms with Gasteiger partial charge in [-0.2, -0.15) is 0 Å². The summed E-state index contributed by atoms with van der Waals surface area (Å²) in [5.74, 6) is 0. The van der Waals surface area contributed by atoms with Crippen LogP contribution < -0.4 is 0 Å². The van der Waals surface area contributed by atoms with Crippen molar-refractivity contribution in [1.82, 2.24) is 0 Å². The third kappa shape index (κ3) is 6.66. The van der Waals surface area contributed by atoms with E-state index in [1.165, 1.54) is 34.7 Å². The van der Waals surface area contributed by atoms with Crippen LogP contribution in [0.2, 0.25) is 38.8 Å². The highest BCUT2D eigenvalue weighted by atomic mass is 79.9. The van der Waals surface area contributed by atoms with E-state index < -0.39 is 16.6 Å². The number of aryl methyl sites for hydroxylation is 1. The summed E-state index contributed by atoms with van der Waals surface area (Å²) in [7, 11) is -2.78. The Bertz CT molecular complexity index is 371. The van der Waals surface area contributed by atoms with Crippen molar-refractivity contribution in [2.24, 2.45) is 0 Å². The van der Waals surface area contributed by atoms with Crippen molar-refractivity contribution in [3.63, 3.8) is 0 Å². The molecule has 0 aliphatic rings. The van der Waals surface area contributed by atoms with E-state index in [1.54, 1.807) is 11.3 Å². The van der Waals surface area contributed by atoms with E-state index in [-0.39, 0.29) is 0 Å². The smallest absolute Gasteiger partial charge is 0.173 e. The summed E-state index contributed by atoms with van der Waals surface area (Å²) in [5.41, 5.74) is 1.46. The van der Waals surface area contributed by atoms with Gasteiger partial charge in [0.25, 0.3) is 0 Å². The highest BCUT2D eigenvalue weighted by Gasteiger charge is 2.28. The van der Waals surface area contributed by atoms with Crippen molar-refractivity contribution in [3.8, 4) is 0 Å². The lowest BCUT2D eigenvalue weighted by molar-refractivity contribution is 0.541.